The maximum absolute atomic E-state index is 13.1. The molecule has 3 rings (SSSR count). The van der Waals surface area contributed by atoms with Gasteiger partial charge >= 0.3 is 0 Å². The lowest BCUT2D eigenvalue weighted by atomic mass is 9.86. The first-order valence-corrected chi connectivity index (χ1v) is 11.1. The number of nitrogens with one attached hydrogen (secondary N) is 1. The molecule has 0 bridgehead atoms. The Morgan fingerprint density at radius 1 is 1.17 bits per heavy atom. The summed E-state index contributed by atoms with van der Waals surface area (Å²) in [6.07, 6.45) is 4.93. The van der Waals surface area contributed by atoms with E-state index in [0.717, 1.165) is 19.3 Å². The number of nitrogens with two attached hydrogens (primary N) is 1. The summed E-state index contributed by atoms with van der Waals surface area (Å²) in [6, 6.07) is 2.56. The van der Waals surface area contributed by atoms with Gasteiger partial charge in [0.1, 0.15) is 6.04 Å². The molecule has 1 saturated heterocycles. The van der Waals surface area contributed by atoms with E-state index in [2.05, 4.69) is 5.32 Å². The third kappa shape index (κ3) is 5.70. The Kier molecular flexibility index (Phi) is 8.06. The summed E-state index contributed by atoms with van der Waals surface area (Å²) in [7, 11) is 0. The van der Waals surface area contributed by atoms with Crippen LogP contribution >= 0.6 is 11.6 Å². The van der Waals surface area contributed by atoms with Crippen LogP contribution in [0.5, 0.6) is 0 Å². The highest BCUT2D eigenvalue weighted by Gasteiger charge is 2.35. The number of halogens is 3. The molecule has 2 aliphatic rings. The van der Waals surface area contributed by atoms with Crippen molar-refractivity contribution in [3.05, 3.63) is 34.3 Å². The van der Waals surface area contributed by atoms with Gasteiger partial charge < -0.3 is 16.0 Å². The van der Waals surface area contributed by atoms with Crippen LogP contribution in [-0.2, 0) is 16.1 Å². The molecule has 2 fully saturated rings. The third-order valence-corrected chi connectivity index (χ3v) is 6.49. The van der Waals surface area contributed by atoms with Gasteiger partial charge in [-0.05, 0) is 54.9 Å². The number of likely N-dealkylation sites (tertiary alicyclic amines) is 1. The number of hydrogen-bond donors (Lipinski definition) is 2. The van der Waals surface area contributed by atoms with Crippen molar-refractivity contribution in [2.75, 3.05) is 6.54 Å². The molecule has 1 aliphatic carbocycles. The average molecular weight is 442 g/mol. The quantitative estimate of drug-likeness (QED) is 0.666. The predicted octanol–water partition coefficient (Wildman–Crippen LogP) is 4.18. The van der Waals surface area contributed by atoms with Gasteiger partial charge in [0.25, 0.3) is 6.43 Å². The van der Waals surface area contributed by atoms with Crippen molar-refractivity contribution in [2.45, 2.75) is 76.4 Å². The summed E-state index contributed by atoms with van der Waals surface area (Å²) in [5.74, 6) is 0.198. The smallest absolute Gasteiger partial charge is 0.257 e. The lowest BCUT2D eigenvalue weighted by molar-refractivity contribution is -0.139. The molecule has 0 aromatic heterocycles. The van der Waals surface area contributed by atoms with Gasteiger partial charge in [-0.1, -0.05) is 36.9 Å². The van der Waals surface area contributed by atoms with Crippen molar-refractivity contribution in [2.24, 2.45) is 11.7 Å². The molecule has 1 aromatic carbocycles. The van der Waals surface area contributed by atoms with Gasteiger partial charge in [-0.3, -0.25) is 9.59 Å². The van der Waals surface area contributed by atoms with Crippen molar-refractivity contribution in [3.8, 4) is 0 Å². The van der Waals surface area contributed by atoms with E-state index < -0.39 is 18.5 Å². The highest BCUT2D eigenvalue weighted by Crippen LogP contribution is 2.29. The third-order valence-electron chi connectivity index (χ3n) is 6.25. The Labute approximate surface area is 181 Å². The Morgan fingerprint density at radius 3 is 2.60 bits per heavy atom. The van der Waals surface area contributed by atoms with E-state index in [0.29, 0.717) is 35.9 Å². The summed E-state index contributed by atoms with van der Waals surface area (Å²) < 4.78 is 26.2. The summed E-state index contributed by atoms with van der Waals surface area (Å²) in [6.45, 7) is 0.624. The zero-order valence-corrected chi connectivity index (χ0v) is 17.8. The second-order valence-corrected chi connectivity index (χ2v) is 8.81. The fraction of sp³-hybridized carbons (Fsp3) is 0.636. The lowest BCUT2D eigenvalue weighted by Crippen LogP contribution is -2.46. The van der Waals surface area contributed by atoms with Crippen LogP contribution in [0, 0.1) is 5.92 Å². The van der Waals surface area contributed by atoms with Gasteiger partial charge in [-0.25, -0.2) is 8.78 Å². The van der Waals surface area contributed by atoms with Crippen molar-refractivity contribution in [3.63, 3.8) is 0 Å². The molecule has 2 unspecified atom stereocenters. The van der Waals surface area contributed by atoms with Crippen LogP contribution in [0.2, 0.25) is 5.02 Å². The minimum Gasteiger partial charge on any atom is -0.350 e. The number of amides is 2. The Balaban J connectivity index is 1.61. The Hall–Kier alpha value is -1.73. The standard InChI is InChI=1S/C22H30ClF2N3O2/c23-16-8-9-17(20(26)21(24)25)15(12-16)13-27-22(30)18-7-4-10-28(18)19(29)11-14-5-2-1-3-6-14/h8-9,12,14,18,20-21H,1-7,10-11,13,26H2,(H,27,30). The van der Waals surface area contributed by atoms with Gasteiger partial charge in [-0.15, -0.1) is 0 Å². The first kappa shape index (κ1) is 22.9. The van der Waals surface area contributed by atoms with E-state index in [1.165, 1.54) is 31.4 Å². The van der Waals surface area contributed by atoms with Gasteiger partial charge in [-0.2, -0.15) is 0 Å². The number of nitrogens with zero attached hydrogens (tertiary/aromatic N) is 1. The molecule has 5 nitrogen and oxygen atoms in total. The molecular weight excluding hydrogens is 412 g/mol. The van der Waals surface area contributed by atoms with Crippen LogP contribution in [0.1, 0.15) is 68.5 Å². The van der Waals surface area contributed by atoms with E-state index in [1.54, 1.807) is 11.0 Å². The number of rotatable bonds is 7. The first-order valence-electron chi connectivity index (χ1n) is 10.8. The zero-order chi connectivity index (χ0) is 21.7. The number of benzene rings is 1. The molecule has 0 radical (unpaired) electrons. The maximum Gasteiger partial charge on any atom is 0.257 e. The Morgan fingerprint density at radius 2 is 1.90 bits per heavy atom. The molecular formula is C22H30ClF2N3O2. The summed E-state index contributed by atoms with van der Waals surface area (Å²) in [4.78, 5) is 27.3. The molecule has 2 amide bonds. The molecule has 1 saturated carbocycles. The molecule has 0 spiro atoms. The topological polar surface area (TPSA) is 75.4 Å². The minimum atomic E-state index is -2.72. The largest absolute Gasteiger partial charge is 0.350 e. The number of carbonyl (C=O) groups is 2. The van der Waals surface area contributed by atoms with Gasteiger partial charge in [0.2, 0.25) is 11.8 Å². The van der Waals surface area contributed by atoms with Gasteiger partial charge in [0.15, 0.2) is 0 Å². The van der Waals surface area contributed by atoms with Crippen LogP contribution in [0.25, 0.3) is 0 Å². The van der Waals surface area contributed by atoms with E-state index in [4.69, 9.17) is 17.3 Å². The van der Waals surface area contributed by atoms with Crippen LogP contribution in [0.4, 0.5) is 8.78 Å². The molecule has 2 atom stereocenters. The van der Waals surface area contributed by atoms with Crippen LogP contribution in [0.15, 0.2) is 18.2 Å². The monoisotopic (exact) mass is 441 g/mol. The molecule has 30 heavy (non-hydrogen) atoms. The molecule has 3 N–H and O–H groups in total. The average Bonchev–Trinajstić information content (AvgIpc) is 3.22. The van der Waals surface area contributed by atoms with E-state index in [9.17, 15) is 18.4 Å². The molecule has 1 aromatic rings. The van der Waals surface area contributed by atoms with Crippen LogP contribution in [-0.4, -0.2) is 35.7 Å². The minimum absolute atomic E-state index is 0.0380. The van der Waals surface area contributed by atoms with Crippen LogP contribution < -0.4 is 11.1 Å². The van der Waals surface area contributed by atoms with Crippen LogP contribution in [0.3, 0.4) is 0 Å². The lowest BCUT2D eigenvalue weighted by Gasteiger charge is -2.28. The Bertz CT molecular complexity index is 756. The highest BCUT2D eigenvalue weighted by atomic mass is 35.5. The number of carbonyl (C=O) groups excluding carboxylic acids is 2. The van der Waals surface area contributed by atoms with Crippen molar-refractivity contribution >= 4 is 23.4 Å². The van der Waals surface area contributed by atoms with Gasteiger partial charge in [0, 0.05) is 24.5 Å². The summed E-state index contributed by atoms with van der Waals surface area (Å²) in [5, 5.41) is 3.18. The first-order chi connectivity index (χ1) is 14.4. The maximum atomic E-state index is 13.1. The van der Waals surface area contributed by atoms with Gasteiger partial charge in [0.05, 0.1) is 6.04 Å². The molecule has 1 aliphatic heterocycles. The van der Waals surface area contributed by atoms with E-state index >= 15 is 0 Å². The second kappa shape index (κ2) is 10.5. The van der Waals surface area contributed by atoms with Crippen molar-refractivity contribution < 1.29 is 18.4 Å². The highest BCUT2D eigenvalue weighted by molar-refractivity contribution is 6.30. The summed E-state index contributed by atoms with van der Waals surface area (Å²) in [5.41, 5.74) is 6.32. The molecule has 8 heteroatoms. The SMILES string of the molecule is NC(c1ccc(Cl)cc1CNC(=O)C1CCCN1C(=O)CC1CCCCC1)C(F)F. The normalized spacial score (nSPS) is 21.1. The second-order valence-electron chi connectivity index (χ2n) is 8.37. The molecule has 1 heterocycles. The molecule has 166 valence electrons. The number of hydrogen-bond acceptors (Lipinski definition) is 3. The summed E-state index contributed by atoms with van der Waals surface area (Å²) >= 11 is 6.01. The number of alkyl halides is 2. The fourth-order valence-corrected chi connectivity index (χ4v) is 4.78. The van der Waals surface area contributed by atoms with Crippen molar-refractivity contribution in [1.29, 1.82) is 0 Å². The zero-order valence-electron chi connectivity index (χ0n) is 17.1. The van der Waals surface area contributed by atoms with E-state index in [-0.39, 0.29) is 23.9 Å². The fourth-order valence-electron chi connectivity index (χ4n) is 4.58. The van der Waals surface area contributed by atoms with Crippen molar-refractivity contribution in [1.82, 2.24) is 10.2 Å². The van der Waals surface area contributed by atoms with E-state index in [1.807, 2.05) is 0 Å². The predicted molar refractivity (Wildman–Crippen MR) is 112 cm³/mol.